The predicted molar refractivity (Wildman–Crippen MR) is 103 cm³/mol. The van der Waals surface area contributed by atoms with Crippen molar-refractivity contribution in [1.29, 1.82) is 0 Å². The van der Waals surface area contributed by atoms with E-state index in [4.69, 9.17) is 5.73 Å². The van der Waals surface area contributed by atoms with Gasteiger partial charge in [-0.2, -0.15) is 5.10 Å². The number of nitrogen functional groups attached to an aromatic ring is 1. The van der Waals surface area contributed by atoms with Crippen molar-refractivity contribution in [3.8, 4) is 16.9 Å². The van der Waals surface area contributed by atoms with E-state index in [9.17, 15) is 14.3 Å². The third-order valence-electron chi connectivity index (χ3n) is 3.63. The third kappa shape index (κ3) is 4.04. The topological polar surface area (TPSA) is 110 Å². The average molecular weight is 386 g/mol. The molecule has 1 aromatic heterocycles. The van der Waals surface area contributed by atoms with Crippen molar-refractivity contribution in [2.24, 2.45) is 5.10 Å². The number of benzene rings is 2. The minimum atomic E-state index is -0.597. The van der Waals surface area contributed by atoms with Crippen LogP contribution in [0.1, 0.15) is 15.9 Å². The van der Waals surface area contributed by atoms with Crippen molar-refractivity contribution in [1.82, 2.24) is 4.98 Å². The first-order valence-corrected chi connectivity index (χ1v) is 8.58. The molecule has 1 heterocycles. The standard InChI is InChI=1S/C18H15FN4O3S/c1-26-17(25)10-5-6-14(19)13(7-10)12-4-2-3-11(16(12)24)8-21-23-18-22-15(20)9-27-18/h2-9,24H,20H2,1H3,(H,22,23). The van der Waals surface area contributed by atoms with Gasteiger partial charge in [-0.3, -0.25) is 5.43 Å². The van der Waals surface area contributed by atoms with Crippen LogP contribution in [0.5, 0.6) is 5.75 Å². The van der Waals surface area contributed by atoms with Crippen molar-refractivity contribution >= 4 is 34.5 Å². The molecule has 0 aliphatic heterocycles. The molecule has 138 valence electrons. The molecule has 0 atom stereocenters. The molecule has 27 heavy (non-hydrogen) atoms. The smallest absolute Gasteiger partial charge is 0.337 e. The first kappa shape index (κ1) is 18.3. The maximum Gasteiger partial charge on any atom is 0.337 e. The highest BCUT2D eigenvalue weighted by molar-refractivity contribution is 7.14. The summed E-state index contributed by atoms with van der Waals surface area (Å²) in [6, 6.07) is 8.59. The van der Waals surface area contributed by atoms with Crippen molar-refractivity contribution in [3.63, 3.8) is 0 Å². The maximum absolute atomic E-state index is 14.3. The van der Waals surface area contributed by atoms with Gasteiger partial charge in [-0.1, -0.05) is 12.1 Å². The van der Waals surface area contributed by atoms with E-state index in [1.807, 2.05) is 0 Å². The second-order valence-corrected chi connectivity index (χ2v) is 6.24. The second-order valence-electron chi connectivity index (χ2n) is 5.38. The number of anilines is 2. The molecule has 7 nitrogen and oxygen atoms in total. The molecule has 0 saturated heterocycles. The van der Waals surface area contributed by atoms with E-state index in [-0.39, 0.29) is 22.4 Å². The summed E-state index contributed by atoms with van der Waals surface area (Å²) in [7, 11) is 1.24. The molecule has 3 aromatic rings. The Morgan fingerprint density at radius 2 is 2.19 bits per heavy atom. The van der Waals surface area contributed by atoms with Gasteiger partial charge < -0.3 is 15.6 Å². The fourth-order valence-electron chi connectivity index (χ4n) is 2.35. The fourth-order valence-corrected chi connectivity index (χ4v) is 2.90. The van der Waals surface area contributed by atoms with E-state index in [1.165, 1.54) is 36.8 Å². The normalized spacial score (nSPS) is 10.9. The Kier molecular flexibility index (Phi) is 5.32. The molecule has 0 spiro atoms. The Balaban J connectivity index is 1.92. The van der Waals surface area contributed by atoms with Gasteiger partial charge in [-0.05, 0) is 24.3 Å². The Hall–Kier alpha value is -3.46. The van der Waals surface area contributed by atoms with Gasteiger partial charge >= 0.3 is 5.97 Å². The molecule has 0 unspecified atom stereocenters. The van der Waals surface area contributed by atoms with Crippen LogP contribution in [0.2, 0.25) is 0 Å². The molecule has 0 aliphatic carbocycles. The predicted octanol–water partition coefficient (Wildman–Crippen LogP) is 3.47. The van der Waals surface area contributed by atoms with E-state index >= 15 is 0 Å². The third-order valence-corrected chi connectivity index (χ3v) is 4.40. The lowest BCUT2D eigenvalue weighted by atomic mass is 9.99. The summed E-state index contributed by atoms with van der Waals surface area (Å²) in [5.74, 6) is -0.977. The zero-order valence-corrected chi connectivity index (χ0v) is 15.0. The van der Waals surface area contributed by atoms with Crippen LogP contribution in [0.15, 0.2) is 46.9 Å². The van der Waals surface area contributed by atoms with Gasteiger partial charge in [0.2, 0.25) is 5.13 Å². The summed E-state index contributed by atoms with van der Waals surface area (Å²) in [6.45, 7) is 0. The van der Waals surface area contributed by atoms with Crippen LogP contribution in [0.3, 0.4) is 0 Å². The summed E-state index contributed by atoms with van der Waals surface area (Å²) in [6.07, 6.45) is 1.37. The number of carbonyl (C=O) groups is 1. The number of hydrogen-bond acceptors (Lipinski definition) is 8. The Morgan fingerprint density at radius 1 is 1.37 bits per heavy atom. The number of para-hydroxylation sites is 1. The number of hydrazone groups is 1. The number of halogens is 1. The lowest BCUT2D eigenvalue weighted by molar-refractivity contribution is 0.0600. The van der Waals surface area contributed by atoms with Crippen molar-refractivity contribution in [2.45, 2.75) is 0 Å². The van der Waals surface area contributed by atoms with Gasteiger partial charge in [0.05, 0.1) is 18.9 Å². The first-order chi connectivity index (χ1) is 13.0. The summed E-state index contributed by atoms with van der Waals surface area (Å²) in [5, 5.41) is 16.7. The molecule has 0 bridgehead atoms. The Labute approximate surface area is 157 Å². The number of esters is 1. The van der Waals surface area contributed by atoms with Gasteiger partial charge in [0.1, 0.15) is 17.4 Å². The van der Waals surface area contributed by atoms with Crippen LogP contribution in [0.25, 0.3) is 11.1 Å². The number of phenols is 1. The number of hydrogen-bond donors (Lipinski definition) is 3. The number of ether oxygens (including phenoxy) is 1. The highest BCUT2D eigenvalue weighted by Gasteiger charge is 2.15. The molecule has 3 rings (SSSR count). The number of nitrogens with one attached hydrogen (secondary N) is 1. The fraction of sp³-hybridized carbons (Fsp3) is 0.0556. The summed E-state index contributed by atoms with van der Waals surface area (Å²) >= 11 is 1.28. The number of carbonyl (C=O) groups excluding carboxylic acids is 1. The minimum Gasteiger partial charge on any atom is -0.507 e. The molecule has 0 radical (unpaired) electrons. The lowest BCUT2D eigenvalue weighted by Crippen LogP contribution is -2.02. The van der Waals surface area contributed by atoms with E-state index in [0.717, 1.165) is 6.07 Å². The largest absolute Gasteiger partial charge is 0.507 e. The van der Waals surface area contributed by atoms with Gasteiger partial charge in [-0.15, -0.1) is 11.3 Å². The van der Waals surface area contributed by atoms with Crippen LogP contribution in [-0.4, -0.2) is 29.4 Å². The molecule has 0 aliphatic rings. The average Bonchev–Trinajstić information content (AvgIpc) is 3.08. The number of nitrogens with two attached hydrogens (primary N) is 1. The van der Waals surface area contributed by atoms with Gasteiger partial charge in [0.15, 0.2) is 0 Å². The monoisotopic (exact) mass is 386 g/mol. The molecular formula is C18H15FN4O3S. The number of nitrogens with zero attached hydrogens (tertiary/aromatic N) is 2. The highest BCUT2D eigenvalue weighted by atomic mass is 32.1. The van der Waals surface area contributed by atoms with Crippen LogP contribution >= 0.6 is 11.3 Å². The SMILES string of the molecule is COC(=O)c1ccc(F)c(-c2cccc(C=NNc3nc(N)cs3)c2O)c1. The van der Waals surface area contributed by atoms with Crippen LogP contribution in [0, 0.1) is 5.82 Å². The van der Waals surface area contributed by atoms with E-state index in [1.54, 1.807) is 23.6 Å². The van der Waals surface area contributed by atoms with Gasteiger partial charge in [0, 0.05) is 22.1 Å². The summed E-state index contributed by atoms with van der Waals surface area (Å²) < 4.78 is 18.9. The van der Waals surface area contributed by atoms with E-state index < -0.39 is 11.8 Å². The number of aromatic hydroxyl groups is 1. The maximum atomic E-state index is 14.3. The lowest BCUT2D eigenvalue weighted by Gasteiger charge is -2.10. The Bertz CT molecular complexity index is 1020. The number of rotatable bonds is 5. The summed E-state index contributed by atoms with van der Waals surface area (Å²) in [4.78, 5) is 15.7. The van der Waals surface area contributed by atoms with Crippen LogP contribution < -0.4 is 11.2 Å². The highest BCUT2D eigenvalue weighted by Crippen LogP contribution is 2.34. The molecular weight excluding hydrogens is 371 g/mol. The number of phenolic OH excluding ortho intramolecular Hbond substituents is 1. The zero-order valence-electron chi connectivity index (χ0n) is 14.1. The Morgan fingerprint density at radius 3 is 2.89 bits per heavy atom. The minimum absolute atomic E-state index is 0.0753. The quantitative estimate of drug-likeness (QED) is 0.352. The van der Waals surface area contributed by atoms with Gasteiger partial charge in [0.25, 0.3) is 0 Å². The molecule has 4 N–H and O–H groups in total. The van der Waals surface area contributed by atoms with Crippen LogP contribution in [-0.2, 0) is 4.74 Å². The molecule has 0 amide bonds. The van der Waals surface area contributed by atoms with E-state index in [0.29, 0.717) is 16.5 Å². The molecule has 2 aromatic carbocycles. The molecule has 9 heteroatoms. The number of thiazole rings is 1. The molecule has 0 fully saturated rings. The number of aromatic nitrogens is 1. The summed E-state index contributed by atoms with van der Waals surface area (Å²) in [5.41, 5.74) is 9.05. The zero-order chi connectivity index (χ0) is 19.4. The van der Waals surface area contributed by atoms with Crippen molar-refractivity contribution in [3.05, 3.63) is 58.7 Å². The first-order valence-electron chi connectivity index (χ1n) is 7.70. The van der Waals surface area contributed by atoms with Crippen molar-refractivity contribution in [2.75, 3.05) is 18.3 Å². The van der Waals surface area contributed by atoms with Gasteiger partial charge in [-0.25, -0.2) is 14.2 Å². The second kappa shape index (κ2) is 7.83. The van der Waals surface area contributed by atoms with Crippen LogP contribution in [0.4, 0.5) is 15.3 Å². The number of methoxy groups -OCH3 is 1. The van der Waals surface area contributed by atoms with E-state index in [2.05, 4.69) is 20.2 Å². The molecule has 0 saturated carbocycles. The van der Waals surface area contributed by atoms with Crippen molar-refractivity contribution < 1.29 is 19.0 Å².